The minimum Gasteiger partial charge on any atom is -0.506 e. The Kier molecular flexibility index (Phi) is 6.98. The van der Waals surface area contributed by atoms with Crippen molar-refractivity contribution in [3.8, 4) is 23.2 Å². The van der Waals surface area contributed by atoms with Crippen molar-refractivity contribution in [1.29, 1.82) is 0 Å². The van der Waals surface area contributed by atoms with Gasteiger partial charge in [-0.25, -0.2) is 9.97 Å². The first kappa shape index (κ1) is 27.3. The summed E-state index contributed by atoms with van der Waals surface area (Å²) in [6, 6.07) is 23.8. The van der Waals surface area contributed by atoms with E-state index in [0.29, 0.717) is 11.7 Å². The quantitative estimate of drug-likeness (QED) is 0.184. The Labute approximate surface area is 247 Å². The molecule has 210 valence electrons. The van der Waals surface area contributed by atoms with E-state index in [2.05, 4.69) is 33.8 Å². The van der Waals surface area contributed by atoms with Crippen LogP contribution in [0.2, 0.25) is 0 Å². The van der Waals surface area contributed by atoms with E-state index in [9.17, 15) is 18.3 Å². The summed E-state index contributed by atoms with van der Waals surface area (Å²) in [5.74, 6) is 1.34. The van der Waals surface area contributed by atoms with Crippen molar-refractivity contribution < 1.29 is 44.1 Å². The van der Waals surface area contributed by atoms with Crippen LogP contribution in [0.1, 0.15) is 42.7 Å². The maximum atomic E-state index is 13.5. The summed E-state index contributed by atoms with van der Waals surface area (Å²) in [5, 5.41) is 12.0. The van der Waals surface area contributed by atoms with Crippen LogP contribution in [0.3, 0.4) is 0 Å². The number of aromatic nitrogens is 3. The van der Waals surface area contributed by atoms with E-state index in [0.717, 1.165) is 39.8 Å². The van der Waals surface area contributed by atoms with E-state index < -0.39 is 11.7 Å². The van der Waals surface area contributed by atoms with Crippen LogP contribution >= 0.6 is 0 Å². The Bertz CT molecular complexity index is 1910. The molecule has 3 heterocycles. The first-order valence-corrected chi connectivity index (χ1v) is 13.2. The number of para-hydroxylation sites is 1. The van der Waals surface area contributed by atoms with Crippen LogP contribution in [-0.2, 0) is 27.2 Å². The fourth-order valence-electron chi connectivity index (χ4n) is 5.84. The summed E-state index contributed by atoms with van der Waals surface area (Å²) in [6.45, 7) is 0. The minimum absolute atomic E-state index is 0. The summed E-state index contributed by atoms with van der Waals surface area (Å²) in [7, 11) is 0. The number of alkyl halides is 3. The van der Waals surface area contributed by atoms with E-state index in [1.807, 2.05) is 30.5 Å². The van der Waals surface area contributed by atoms with Crippen molar-refractivity contribution in [2.75, 3.05) is 0 Å². The molecule has 1 aliphatic carbocycles. The van der Waals surface area contributed by atoms with Crippen molar-refractivity contribution in [1.82, 2.24) is 14.5 Å². The molecule has 0 amide bonds. The molecule has 1 aliphatic rings. The van der Waals surface area contributed by atoms with Gasteiger partial charge >= 0.3 is 6.18 Å². The fourth-order valence-corrected chi connectivity index (χ4v) is 5.84. The second kappa shape index (κ2) is 10.5. The smallest absolute Gasteiger partial charge is 0.417 e. The Morgan fingerprint density at radius 1 is 0.902 bits per heavy atom. The molecule has 1 saturated carbocycles. The number of pyridine rings is 2. The molecule has 1 N–H and O–H groups in total. The van der Waals surface area contributed by atoms with Crippen LogP contribution in [0.15, 0.2) is 79.0 Å². The molecular weight excluding hydrogens is 710 g/mol. The average molecular weight is 734 g/mol. The standard InChI is InChI=1S/C32H23F3N3O2.Pt/c33-32(34,35)25-12-13-28(39)31-24(25)11-14-30(37-31)40-21-9-10-23-22-7-3-4-8-26(22)38(27(23)18-21)29-17-20(15-16-36-29)19-5-1-2-6-19;/h3-4,7-17,19,39H,1-2,5-6H2;/q-1;. The first-order chi connectivity index (χ1) is 19.4. The zero-order valence-corrected chi connectivity index (χ0v) is 23.8. The summed E-state index contributed by atoms with van der Waals surface area (Å²) >= 11 is 0. The Morgan fingerprint density at radius 3 is 2.49 bits per heavy atom. The number of rotatable bonds is 4. The third-order valence-electron chi connectivity index (χ3n) is 7.71. The maximum absolute atomic E-state index is 13.5. The monoisotopic (exact) mass is 733 g/mol. The van der Waals surface area contributed by atoms with Gasteiger partial charge in [0, 0.05) is 50.0 Å². The van der Waals surface area contributed by atoms with Crippen LogP contribution < -0.4 is 4.74 Å². The van der Waals surface area contributed by atoms with Gasteiger partial charge in [0.25, 0.3) is 0 Å². The molecule has 41 heavy (non-hydrogen) atoms. The number of nitrogens with zero attached hydrogens (tertiary/aromatic N) is 3. The third kappa shape index (κ3) is 4.84. The zero-order chi connectivity index (χ0) is 27.4. The molecule has 0 atom stereocenters. The van der Waals surface area contributed by atoms with Crippen LogP contribution in [0.25, 0.3) is 38.5 Å². The molecule has 3 aromatic heterocycles. The molecule has 0 saturated heterocycles. The fraction of sp³-hybridized carbons (Fsp3) is 0.188. The number of phenolic OH excluding ortho intramolecular Hbond substituents is 1. The van der Waals surface area contributed by atoms with Crippen molar-refractivity contribution in [2.45, 2.75) is 37.8 Å². The molecule has 0 radical (unpaired) electrons. The molecule has 0 aliphatic heterocycles. The van der Waals surface area contributed by atoms with Crippen LogP contribution in [-0.4, -0.2) is 19.6 Å². The van der Waals surface area contributed by atoms with Crippen molar-refractivity contribution >= 4 is 32.7 Å². The average Bonchev–Trinajstić information content (AvgIpc) is 3.60. The Morgan fingerprint density at radius 2 is 1.68 bits per heavy atom. The number of benzene rings is 3. The van der Waals surface area contributed by atoms with Crippen LogP contribution in [0, 0.1) is 6.07 Å². The first-order valence-electron chi connectivity index (χ1n) is 13.2. The molecule has 0 bridgehead atoms. The molecule has 9 heteroatoms. The Hall–Kier alpha value is -3.90. The van der Waals surface area contributed by atoms with E-state index in [-0.39, 0.29) is 43.6 Å². The SMILES string of the molecule is Oc1ccc(C(F)(F)F)c2ccc(Oc3[c-]c4c(cc3)c3ccccc3n4-c3cc(C4CCCC4)ccn3)nc12.[Pt]. The van der Waals surface area contributed by atoms with E-state index in [1.54, 1.807) is 6.07 Å². The van der Waals surface area contributed by atoms with Crippen molar-refractivity contribution in [3.05, 3.63) is 96.2 Å². The number of fused-ring (bicyclic) bond motifs is 4. The van der Waals surface area contributed by atoms with Gasteiger partial charge in [0.05, 0.1) is 5.56 Å². The second-order valence-corrected chi connectivity index (χ2v) is 10.1. The molecule has 7 rings (SSSR count). The number of hydrogen-bond donors (Lipinski definition) is 1. The number of aromatic hydroxyl groups is 1. The number of phenols is 1. The van der Waals surface area contributed by atoms with E-state index >= 15 is 0 Å². The summed E-state index contributed by atoms with van der Waals surface area (Å²) in [4.78, 5) is 8.90. The van der Waals surface area contributed by atoms with Gasteiger partial charge in [-0.05, 0) is 66.1 Å². The summed E-state index contributed by atoms with van der Waals surface area (Å²) in [5.41, 5.74) is 1.96. The number of hydrogen-bond acceptors (Lipinski definition) is 4. The minimum atomic E-state index is -4.58. The molecule has 5 nitrogen and oxygen atoms in total. The Balaban J connectivity index is 0.00000302. The third-order valence-corrected chi connectivity index (χ3v) is 7.71. The molecule has 0 spiro atoms. The summed E-state index contributed by atoms with van der Waals surface area (Å²) in [6.07, 6.45) is 2.11. The van der Waals surface area contributed by atoms with Gasteiger partial charge in [0.15, 0.2) is 0 Å². The van der Waals surface area contributed by atoms with Gasteiger partial charge < -0.3 is 14.4 Å². The topological polar surface area (TPSA) is 60.2 Å². The van der Waals surface area contributed by atoms with Gasteiger partial charge in [-0.2, -0.15) is 19.2 Å². The van der Waals surface area contributed by atoms with Gasteiger partial charge in [0.1, 0.15) is 17.1 Å². The van der Waals surface area contributed by atoms with Crippen molar-refractivity contribution in [2.24, 2.45) is 0 Å². The molecular formula is C32H23F3N3O2Pt-. The second-order valence-electron chi connectivity index (χ2n) is 10.1. The van der Waals surface area contributed by atoms with Gasteiger partial charge in [-0.3, -0.25) is 0 Å². The normalized spacial score (nSPS) is 14.1. The predicted molar refractivity (Wildman–Crippen MR) is 147 cm³/mol. The molecule has 0 unspecified atom stereocenters. The number of ether oxygens (including phenoxy) is 1. The van der Waals surface area contributed by atoms with Crippen LogP contribution in [0.5, 0.6) is 17.4 Å². The van der Waals surface area contributed by atoms with E-state index in [4.69, 9.17) is 9.72 Å². The number of halogens is 3. The van der Waals surface area contributed by atoms with Crippen LogP contribution in [0.4, 0.5) is 13.2 Å². The predicted octanol–water partition coefficient (Wildman–Crippen LogP) is 8.70. The maximum Gasteiger partial charge on any atom is 0.417 e. The summed E-state index contributed by atoms with van der Waals surface area (Å²) < 4.78 is 48.4. The zero-order valence-electron chi connectivity index (χ0n) is 21.6. The van der Waals surface area contributed by atoms with E-state index in [1.165, 1.54) is 43.4 Å². The van der Waals surface area contributed by atoms with Gasteiger partial charge in [-0.15, -0.1) is 17.5 Å². The van der Waals surface area contributed by atoms with Gasteiger partial charge in [0.2, 0.25) is 5.88 Å². The molecule has 6 aromatic rings. The molecule has 3 aromatic carbocycles. The van der Waals surface area contributed by atoms with Crippen molar-refractivity contribution in [3.63, 3.8) is 0 Å². The molecule has 1 fully saturated rings. The largest absolute Gasteiger partial charge is 0.506 e. The van der Waals surface area contributed by atoms with Gasteiger partial charge in [-0.1, -0.05) is 36.6 Å².